The summed E-state index contributed by atoms with van der Waals surface area (Å²) in [4.78, 5) is 19.4. The fourth-order valence-electron chi connectivity index (χ4n) is 1.33. The van der Waals surface area contributed by atoms with E-state index in [0.29, 0.717) is 5.82 Å². The van der Waals surface area contributed by atoms with Crippen LogP contribution in [0.4, 0.5) is 15.5 Å². The number of halogens is 2. The van der Waals surface area contributed by atoms with E-state index in [1.54, 1.807) is 6.92 Å². The Morgan fingerprint density at radius 3 is 2.79 bits per heavy atom. The molecule has 2 heterocycles. The van der Waals surface area contributed by atoms with Gasteiger partial charge in [0.2, 0.25) is 0 Å². The van der Waals surface area contributed by atoms with E-state index in [9.17, 15) is 8.68 Å². The number of hydrogen-bond donors (Lipinski definition) is 2. The number of hydrogen-bond acceptors (Lipinski definition) is 6. The van der Waals surface area contributed by atoms with Gasteiger partial charge in [0.1, 0.15) is 16.0 Å². The van der Waals surface area contributed by atoms with Crippen molar-refractivity contribution in [3.63, 3.8) is 0 Å². The highest BCUT2D eigenvalue weighted by molar-refractivity contribution is 9.10. The molecule has 1 amide bonds. The van der Waals surface area contributed by atoms with Crippen molar-refractivity contribution in [1.29, 1.82) is 0 Å². The summed E-state index contributed by atoms with van der Waals surface area (Å²) in [5, 5.41) is 6.53. The Balaban J connectivity index is 2.43. The molecule has 2 aromatic rings. The molecule has 2 aromatic heterocycles. The highest BCUT2D eigenvalue weighted by Gasteiger charge is 2.22. The van der Waals surface area contributed by atoms with Gasteiger partial charge in [-0.05, 0) is 22.9 Å². The predicted octanol–water partition coefficient (Wildman–Crippen LogP) is 1.97. The Morgan fingerprint density at radius 2 is 2.26 bits per heavy atom. The first kappa shape index (κ1) is 13.7. The third kappa shape index (κ3) is 2.84. The Hall–Kier alpha value is -1.68. The van der Waals surface area contributed by atoms with E-state index in [4.69, 9.17) is 5.73 Å². The lowest BCUT2D eigenvalue weighted by Gasteiger charge is -2.06. The first-order valence-corrected chi connectivity index (χ1v) is 6.42. The van der Waals surface area contributed by atoms with E-state index in [-0.39, 0.29) is 28.3 Å². The van der Waals surface area contributed by atoms with Crippen LogP contribution in [0.3, 0.4) is 0 Å². The van der Waals surface area contributed by atoms with Crippen LogP contribution in [0.25, 0.3) is 0 Å². The number of nitrogens with two attached hydrogens (primary N) is 1. The summed E-state index contributed by atoms with van der Waals surface area (Å²) in [6, 6.07) is 0. The maximum absolute atomic E-state index is 12.8. The van der Waals surface area contributed by atoms with Crippen molar-refractivity contribution in [2.24, 2.45) is 5.73 Å². The van der Waals surface area contributed by atoms with Gasteiger partial charge in [0.25, 0.3) is 5.91 Å². The van der Waals surface area contributed by atoms with Gasteiger partial charge in [-0.1, -0.05) is 0 Å². The lowest BCUT2D eigenvalue weighted by Crippen LogP contribution is -2.13. The molecule has 0 fully saturated rings. The van der Waals surface area contributed by atoms with Gasteiger partial charge < -0.3 is 11.1 Å². The maximum atomic E-state index is 12.8. The van der Waals surface area contributed by atoms with Crippen molar-refractivity contribution in [1.82, 2.24) is 19.2 Å². The first-order chi connectivity index (χ1) is 9.02. The number of carbonyl (C=O) groups excluding carboxylic acids is 1. The number of carbonyl (C=O) groups is 1. The predicted molar refractivity (Wildman–Crippen MR) is 72.6 cm³/mol. The largest absolute Gasteiger partial charge is 0.365 e. The number of amides is 1. The maximum Gasteiger partial charge on any atom is 0.255 e. The van der Waals surface area contributed by atoms with E-state index in [1.165, 1.54) is 12.4 Å². The quantitative estimate of drug-likeness (QED) is 0.877. The van der Waals surface area contributed by atoms with Gasteiger partial charge in [-0.3, -0.25) is 9.78 Å². The third-order valence-electron chi connectivity index (χ3n) is 2.15. The second kappa shape index (κ2) is 5.53. The zero-order chi connectivity index (χ0) is 14.0. The monoisotopic (exact) mass is 346 g/mol. The second-order valence-corrected chi connectivity index (χ2v) is 4.72. The van der Waals surface area contributed by atoms with E-state index >= 15 is 0 Å². The molecule has 0 atom stereocenters. The molecule has 0 unspecified atom stereocenters. The smallest absolute Gasteiger partial charge is 0.255 e. The number of aromatic nitrogens is 4. The Labute approximate surface area is 120 Å². The van der Waals surface area contributed by atoms with Crippen LogP contribution >= 0.6 is 28.3 Å². The van der Waals surface area contributed by atoms with Crippen LogP contribution in [0.1, 0.15) is 16.1 Å². The molecule has 0 aliphatic rings. The van der Waals surface area contributed by atoms with Crippen LogP contribution in [0, 0.1) is 6.92 Å². The van der Waals surface area contributed by atoms with E-state index in [2.05, 4.69) is 36.3 Å². The fourth-order valence-corrected chi connectivity index (χ4v) is 2.30. The van der Waals surface area contributed by atoms with Crippen LogP contribution in [0.2, 0.25) is 0 Å². The number of aryl methyl sites for hydroxylation is 1. The van der Waals surface area contributed by atoms with Gasteiger partial charge in [-0.15, -0.1) is 8.98 Å². The molecule has 0 aliphatic carbocycles. The lowest BCUT2D eigenvalue weighted by molar-refractivity contribution is 0.100. The summed E-state index contributed by atoms with van der Waals surface area (Å²) in [6.45, 7) is 1.78. The van der Waals surface area contributed by atoms with Gasteiger partial charge in [-0.25, -0.2) is 4.98 Å². The van der Waals surface area contributed by atoms with E-state index in [0.717, 1.165) is 9.78 Å². The summed E-state index contributed by atoms with van der Waals surface area (Å²) in [5.74, 6) is -0.310. The van der Waals surface area contributed by atoms with Crippen LogP contribution in [-0.2, 0) is 0 Å². The van der Waals surface area contributed by atoms with Gasteiger partial charge in [0.05, 0.1) is 18.1 Å². The summed E-state index contributed by atoms with van der Waals surface area (Å²) >= 11 is 2.87. The third-order valence-corrected chi connectivity index (χ3v) is 3.10. The molecule has 3 N–H and O–H groups in total. The van der Waals surface area contributed by atoms with Gasteiger partial charge in [-0.2, -0.15) is 4.09 Å². The molecule has 2 rings (SSSR count). The van der Waals surface area contributed by atoms with Crippen LogP contribution < -0.4 is 11.1 Å². The number of nitrogens with zero attached hydrogens (tertiary/aromatic N) is 4. The standard InChI is InChI=1S/C9H8BrFN6OS/c1-4-2-14-5(3-13-4)15-9-6(8(12)18)7(10)16-17(9)19-11/h2-3H,1H3,(H2,12,18)(H,14,15). The SMILES string of the molecule is Cc1cnc(Nc2c(C(N)=O)c(Br)nn2SF)cn1. The molecule has 7 nitrogen and oxygen atoms in total. The molecule has 0 radical (unpaired) electrons. The topological polar surface area (TPSA) is 98.7 Å². The summed E-state index contributed by atoms with van der Waals surface area (Å²) in [7, 11) is 0. The van der Waals surface area contributed by atoms with Crippen molar-refractivity contribution in [3.8, 4) is 0 Å². The second-order valence-electron chi connectivity index (χ2n) is 3.49. The number of anilines is 2. The average molecular weight is 347 g/mol. The van der Waals surface area contributed by atoms with Crippen LogP contribution in [-0.4, -0.2) is 25.1 Å². The molecule has 0 aromatic carbocycles. The van der Waals surface area contributed by atoms with Crippen molar-refractivity contribution >= 4 is 45.8 Å². The van der Waals surface area contributed by atoms with Crippen molar-refractivity contribution < 1.29 is 8.68 Å². The average Bonchev–Trinajstić information content (AvgIpc) is 2.68. The molecule has 0 bridgehead atoms. The Bertz CT molecular complexity index is 616. The minimum absolute atomic E-state index is 0.0347. The lowest BCUT2D eigenvalue weighted by atomic mass is 10.3. The highest BCUT2D eigenvalue weighted by atomic mass is 79.9. The minimum atomic E-state index is -0.741. The zero-order valence-electron chi connectivity index (χ0n) is 9.59. The van der Waals surface area contributed by atoms with Crippen molar-refractivity contribution in [2.75, 3.05) is 5.32 Å². The molecule has 0 aliphatic heterocycles. The molecule has 10 heteroatoms. The molecule has 19 heavy (non-hydrogen) atoms. The van der Waals surface area contributed by atoms with Gasteiger partial charge in [0, 0.05) is 0 Å². The Morgan fingerprint density at radius 1 is 1.53 bits per heavy atom. The summed E-state index contributed by atoms with van der Waals surface area (Å²) in [5.41, 5.74) is 6.00. The van der Waals surface area contributed by atoms with Crippen molar-refractivity contribution in [2.45, 2.75) is 6.92 Å². The fraction of sp³-hybridized carbons (Fsp3) is 0.111. The normalized spacial score (nSPS) is 10.5. The number of nitrogens with one attached hydrogen (secondary N) is 1. The minimum Gasteiger partial charge on any atom is -0.365 e. The molecule has 0 saturated carbocycles. The molecule has 0 spiro atoms. The van der Waals surface area contributed by atoms with Crippen molar-refractivity contribution in [3.05, 3.63) is 28.3 Å². The molecule has 0 saturated heterocycles. The molecular weight excluding hydrogens is 339 g/mol. The molecule has 100 valence electrons. The van der Waals surface area contributed by atoms with Gasteiger partial charge in [0.15, 0.2) is 18.2 Å². The Kier molecular flexibility index (Phi) is 4.00. The first-order valence-electron chi connectivity index (χ1n) is 4.96. The number of rotatable bonds is 4. The van der Waals surface area contributed by atoms with E-state index < -0.39 is 5.91 Å². The zero-order valence-corrected chi connectivity index (χ0v) is 12.0. The van der Waals surface area contributed by atoms with Gasteiger partial charge >= 0.3 is 0 Å². The number of primary amides is 1. The highest BCUT2D eigenvalue weighted by Crippen LogP contribution is 2.29. The summed E-state index contributed by atoms with van der Waals surface area (Å²) < 4.78 is 13.8. The van der Waals surface area contributed by atoms with E-state index in [1.807, 2.05) is 0 Å². The van der Waals surface area contributed by atoms with Crippen LogP contribution in [0.15, 0.2) is 17.0 Å². The molecular formula is C9H8BrFN6OS. The van der Waals surface area contributed by atoms with Crippen LogP contribution in [0.5, 0.6) is 0 Å². The summed E-state index contributed by atoms with van der Waals surface area (Å²) in [6.07, 6.45) is 2.98.